The Kier molecular flexibility index (Phi) is 6.23. The van der Waals surface area contributed by atoms with Crippen LogP contribution in [-0.4, -0.2) is 33.0 Å². The maximum Gasteiger partial charge on any atom is 0.408 e. The predicted octanol–water partition coefficient (Wildman–Crippen LogP) is 2.89. The number of aromatic nitrogens is 2. The molecule has 0 aliphatic carbocycles. The monoisotopic (exact) mass is 360 g/mol. The van der Waals surface area contributed by atoms with Gasteiger partial charge < -0.3 is 19.8 Å². The molecule has 142 valence electrons. The number of fused-ring (bicyclic) bond motifs is 1. The summed E-state index contributed by atoms with van der Waals surface area (Å²) in [4.78, 5) is 29.1. The molecule has 2 amide bonds. The van der Waals surface area contributed by atoms with Gasteiger partial charge in [0.25, 0.3) is 0 Å². The summed E-state index contributed by atoms with van der Waals surface area (Å²) in [6.07, 6.45) is 3.81. The van der Waals surface area contributed by atoms with Gasteiger partial charge in [-0.1, -0.05) is 26.3 Å². The van der Waals surface area contributed by atoms with Crippen molar-refractivity contribution < 1.29 is 14.3 Å². The number of carbonyl (C=O) groups excluding carboxylic acids is 2. The lowest BCUT2D eigenvalue weighted by molar-refractivity contribution is -0.124. The molecule has 2 unspecified atom stereocenters. The van der Waals surface area contributed by atoms with Crippen LogP contribution in [0.4, 0.5) is 4.79 Å². The topological polar surface area (TPSA) is 84.7 Å². The van der Waals surface area contributed by atoms with E-state index < -0.39 is 17.7 Å². The van der Waals surface area contributed by atoms with Crippen molar-refractivity contribution in [3.8, 4) is 0 Å². The lowest BCUT2D eigenvalue weighted by Crippen LogP contribution is -2.51. The summed E-state index contributed by atoms with van der Waals surface area (Å²) in [7, 11) is 0. The quantitative estimate of drug-likeness (QED) is 0.829. The smallest absolute Gasteiger partial charge is 0.408 e. The first-order valence-electron chi connectivity index (χ1n) is 8.89. The highest BCUT2D eigenvalue weighted by molar-refractivity contribution is 5.85. The molecule has 2 aromatic heterocycles. The molecule has 0 fully saturated rings. The van der Waals surface area contributed by atoms with Gasteiger partial charge in [-0.25, -0.2) is 9.78 Å². The molecule has 26 heavy (non-hydrogen) atoms. The highest BCUT2D eigenvalue weighted by Gasteiger charge is 2.28. The summed E-state index contributed by atoms with van der Waals surface area (Å²) >= 11 is 0. The fourth-order valence-electron chi connectivity index (χ4n) is 2.54. The third-order valence-corrected chi connectivity index (χ3v) is 4.10. The Morgan fingerprint density at radius 1 is 1.31 bits per heavy atom. The van der Waals surface area contributed by atoms with Gasteiger partial charge in [-0.15, -0.1) is 0 Å². The largest absolute Gasteiger partial charge is 0.444 e. The molecule has 0 saturated heterocycles. The van der Waals surface area contributed by atoms with E-state index in [0.717, 1.165) is 17.8 Å². The molecule has 0 aliphatic heterocycles. The summed E-state index contributed by atoms with van der Waals surface area (Å²) < 4.78 is 7.19. The van der Waals surface area contributed by atoms with Crippen molar-refractivity contribution in [3.63, 3.8) is 0 Å². The van der Waals surface area contributed by atoms with E-state index in [4.69, 9.17) is 4.74 Å². The second-order valence-electron chi connectivity index (χ2n) is 7.40. The lowest BCUT2D eigenvalue weighted by atomic mass is 9.98. The van der Waals surface area contributed by atoms with Crippen LogP contribution in [0.5, 0.6) is 0 Å². The fourth-order valence-corrected chi connectivity index (χ4v) is 2.54. The Morgan fingerprint density at radius 2 is 2.04 bits per heavy atom. The highest BCUT2D eigenvalue weighted by Crippen LogP contribution is 2.12. The second-order valence-corrected chi connectivity index (χ2v) is 7.40. The number of hydrogen-bond donors (Lipinski definition) is 2. The Morgan fingerprint density at radius 3 is 2.69 bits per heavy atom. The summed E-state index contributed by atoms with van der Waals surface area (Å²) in [6, 6.07) is 5.13. The van der Waals surface area contributed by atoms with E-state index in [2.05, 4.69) is 15.6 Å². The van der Waals surface area contributed by atoms with E-state index in [9.17, 15) is 9.59 Å². The fraction of sp³-hybridized carbons (Fsp3) is 0.526. The highest BCUT2D eigenvalue weighted by atomic mass is 16.6. The van der Waals surface area contributed by atoms with Crippen LogP contribution < -0.4 is 10.6 Å². The number of pyridine rings is 1. The normalized spacial score (nSPS) is 13.9. The number of ether oxygens (including phenoxy) is 1. The van der Waals surface area contributed by atoms with E-state index in [1.807, 2.05) is 42.6 Å². The molecule has 2 aromatic rings. The third-order valence-electron chi connectivity index (χ3n) is 4.10. The molecule has 0 aliphatic rings. The van der Waals surface area contributed by atoms with Crippen molar-refractivity contribution in [2.75, 3.05) is 0 Å². The van der Waals surface area contributed by atoms with Gasteiger partial charge in [0.15, 0.2) is 0 Å². The summed E-state index contributed by atoms with van der Waals surface area (Å²) in [5.74, 6) is 0.451. The Balaban J connectivity index is 2.03. The van der Waals surface area contributed by atoms with Crippen LogP contribution in [-0.2, 0) is 16.1 Å². The summed E-state index contributed by atoms with van der Waals surface area (Å²) in [5, 5.41) is 5.56. The van der Waals surface area contributed by atoms with Crippen LogP contribution in [0.3, 0.4) is 0 Å². The minimum atomic E-state index is -0.666. The SMILES string of the molecule is CCC(C)C(NC(=O)OC(C)(C)C)C(=O)NCc1ncc2ccccn12. The van der Waals surface area contributed by atoms with Crippen LogP contribution in [0.15, 0.2) is 30.6 Å². The zero-order valence-corrected chi connectivity index (χ0v) is 16.1. The van der Waals surface area contributed by atoms with Gasteiger partial charge in [0, 0.05) is 6.20 Å². The maximum atomic E-state index is 12.7. The van der Waals surface area contributed by atoms with Crippen molar-refractivity contribution in [3.05, 3.63) is 36.4 Å². The Labute approximate surface area is 154 Å². The van der Waals surface area contributed by atoms with Gasteiger partial charge in [0.1, 0.15) is 17.5 Å². The molecule has 0 bridgehead atoms. The molecule has 2 rings (SSSR count). The number of hydrogen-bond acceptors (Lipinski definition) is 4. The molecule has 0 aromatic carbocycles. The summed E-state index contributed by atoms with van der Waals surface area (Å²) in [5.41, 5.74) is 0.345. The second kappa shape index (κ2) is 8.21. The van der Waals surface area contributed by atoms with Crippen molar-refractivity contribution in [2.45, 2.75) is 59.2 Å². The first-order chi connectivity index (χ1) is 12.2. The van der Waals surface area contributed by atoms with Crippen molar-refractivity contribution >= 4 is 17.5 Å². The molecule has 7 nitrogen and oxygen atoms in total. The standard InChI is InChI=1S/C19H28N4O3/c1-6-13(2)16(22-18(25)26-19(3,4)5)17(24)21-12-15-20-11-14-9-7-8-10-23(14)15/h7-11,13,16H,6,12H2,1-5H3,(H,21,24)(H,22,25). The molecule has 7 heteroatoms. The Bertz CT molecular complexity index is 763. The first-order valence-corrected chi connectivity index (χ1v) is 8.89. The number of rotatable bonds is 6. The number of nitrogens with zero attached hydrogens (tertiary/aromatic N) is 2. The molecule has 2 atom stereocenters. The molecule has 2 heterocycles. The molecule has 0 saturated carbocycles. The number of alkyl carbamates (subject to hydrolysis) is 1. The number of amides is 2. The van der Waals surface area contributed by atoms with Crippen molar-refractivity contribution in [2.24, 2.45) is 5.92 Å². The van der Waals surface area contributed by atoms with E-state index >= 15 is 0 Å². The van der Waals surface area contributed by atoms with Gasteiger partial charge in [-0.2, -0.15) is 0 Å². The lowest BCUT2D eigenvalue weighted by Gasteiger charge is -2.26. The van der Waals surface area contributed by atoms with Crippen molar-refractivity contribution in [1.29, 1.82) is 0 Å². The van der Waals surface area contributed by atoms with E-state index in [-0.39, 0.29) is 18.4 Å². The van der Waals surface area contributed by atoms with Crippen LogP contribution in [0.25, 0.3) is 5.52 Å². The molecule has 0 spiro atoms. The number of carbonyl (C=O) groups is 2. The van der Waals surface area contributed by atoms with Gasteiger partial charge in [-0.05, 0) is 38.8 Å². The van der Waals surface area contributed by atoms with Gasteiger partial charge in [0.2, 0.25) is 5.91 Å². The zero-order chi connectivity index (χ0) is 19.3. The maximum absolute atomic E-state index is 12.7. The average molecular weight is 360 g/mol. The van der Waals surface area contributed by atoms with E-state index in [0.29, 0.717) is 0 Å². The summed E-state index contributed by atoms with van der Waals surface area (Å²) in [6.45, 7) is 9.53. The van der Waals surface area contributed by atoms with Crippen LogP contribution >= 0.6 is 0 Å². The van der Waals surface area contributed by atoms with E-state index in [1.165, 1.54) is 0 Å². The van der Waals surface area contributed by atoms with Crippen molar-refractivity contribution in [1.82, 2.24) is 20.0 Å². The van der Waals surface area contributed by atoms with E-state index in [1.54, 1.807) is 27.0 Å². The zero-order valence-electron chi connectivity index (χ0n) is 16.1. The van der Waals surface area contributed by atoms with Gasteiger partial charge >= 0.3 is 6.09 Å². The molecule has 2 N–H and O–H groups in total. The molecular weight excluding hydrogens is 332 g/mol. The predicted molar refractivity (Wildman–Crippen MR) is 99.7 cm³/mol. The number of nitrogens with one attached hydrogen (secondary N) is 2. The first kappa shape index (κ1) is 19.8. The van der Waals surface area contributed by atoms with Crippen LogP contribution in [0.1, 0.15) is 46.9 Å². The minimum absolute atomic E-state index is 0.0282. The van der Waals surface area contributed by atoms with Gasteiger partial charge in [0.05, 0.1) is 18.3 Å². The van der Waals surface area contributed by atoms with Crippen LogP contribution in [0.2, 0.25) is 0 Å². The minimum Gasteiger partial charge on any atom is -0.444 e. The molecular formula is C19H28N4O3. The molecule has 0 radical (unpaired) electrons. The average Bonchev–Trinajstić information content (AvgIpc) is 2.98. The Hall–Kier alpha value is -2.57. The van der Waals surface area contributed by atoms with Crippen LogP contribution in [0, 0.1) is 5.92 Å². The number of imidazole rings is 1. The third kappa shape index (κ3) is 5.21. The van der Waals surface area contributed by atoms with Gasteiger partial charge in [-0.3, -0.25) is 4.79 Å².